The maximum atomic E-state index is 10.8. The summed E-state index contributed by atoms with van der Waals surface area (Å²) in [6.45, 7) is 2.21. The summed E-state index contributed by atoms with van der Waals surface area (Å²) in [5.41, 5.74) is 0. The molecule has 0 amide bonds. The van der Waals surface area contributed by atoms with Crippen molar-refractivity contribution < 1.29 is 61.5 Å². The van der Waals surface area contributed by atoms with Crippen LogP contribution in [0.1, 0.15) is 71.1 Å². The summed E-state index contributed by atoms with van der Waals surface area (Å²) in [4.78, 5) is 21.3. The molecule has 120 valence electrons. The van der Waals surface area contributed by atoms with Gasteiger partial charge in [-0.1, -0.05) is 64.0 Å². The first kappa shape index (κ1) is 23.3. The van der Waals surface area contributed by atoms with Gasteiger partial charge in [0.05, 0.1) is 12.3 Å². The summed E-state index contributed by atoms with van der Waals surface area (Å²) < 4.78 is 0. The van der Waals surface area contributed by atoms with Gasteiger partial charge in [0.1, 0.15) is 0 Å². The van der Waals surface area contributed by atoms with Gasteiger partial charge < -0.3 is 10.2 Å². The van der Waals surface area contributed by atoms with Crippen molar-refractivity contribution in [2.45, 2.75) is 71.1 Å². The standard InChI is InChI=1S/C16H28O4.Ce/c1-2-3-4-5-6-7-8-9-10-11-12-14(16(19)20)13-15(17)18;/h11-12,14H,2-10,13H2,1H3,(H,17,18)(H,19,20);. The zero-order valence-electron chi connectivity index (χ0n) is 13.0. The van der Waals surface area contributed by atoms with Gasteiger partial charge in [-0.25, -0.2) is 0 Å². The second-order valence-electron chi connectivity index (χ2n) is 5.23. The Morgan fingerprint density at radius 1 is 0.952 bits per heavy atom. The Kier molecular flexibility index (Phi) is 18.2. The molecule has 0 aromatic carbocycles. The molecule has 0 aliphatic rings. The van der Waals surface area contributed by atoms with E-state index in [4.69, 9.17) is 10.2 Å². The maximum absolute atomic E-state index is 10.8. The molecule has 2 N–H and O–H groups in total. The molecular formula is C16H28CeO4. The third-order valence-electron chi connectivity index (χ3n) is 3.30. The van der Waals surface area contributed by atoms with Crippen LogP contribution in [0, 0.1) is 47.7 Å². The Morgan fingerprint density at radius 2 is 1.48 bits per heavy atom. The number of carbonyl (C=O) groups is 2. The molecule has 0 spiro atoms. The number of aliphatic carboxylic acids is 2. The van der Waals surface area contributed by atoms with Gasteiger partial charge in [-0.05, 0) is 12.8 Å². The molecule has 0 fully saturated rings. The quantitative estimate of drug-likeness (QED) is 0.342. The van der Waals surface area contributed by atoms with Crippen LogP contribution in [0.4, 0.5) is 0 Å². The van der Waals surface area contributed by atoms with E-state index in [1.807, 2.05) is 0 Å². The van der Waals surface area contributed by atoms with E-state index in [1.165, 1.54) is 44.6 Å². The van der Waals surface area contributed by atoms with Gasteiger partial charge in [0.25, 0.3) is 0 Å². The van der Waals surface area contributed by atoms with Crippen molar-refractivity contribution in [3.05, 3.63) is 12.2 Å². The average molecular weight is 425 g/mol. The first-order valence-corrected chi connectivity index (χ1v) is 7.69. The van der Waals surface area contributed by atoms with Crippen molar-refractivity contribution in [2.24, 2.45) is 5.92 Å². The number of unbranched alkanes of at least 4 members (excludes halogenated alkanes) is 8. The van der Waals surface area contributed by atoms with Gasteiger partial charge in [0.2, 0.25) is 0 Å². The molecule has 0 saturated heterocycles. The molecule has 4 nitrogen and oxygen atoms in total. The molecule has 5 heteroatoms. The second-order valence-corrected chi connectivity index (χ2v) is 5.23. The molecule has 21 heavy (non-hydrogen) atoms. The molecule has 0 aromatic heterocycles. The number of carboxylic acids is 2. The summed E-state index contributed by atoms with van der Waals surface area (Å²) >= 11 is 0. The van der Waals surface area contributed by atoms with Gasteiger partial charge in [-0.15, -0.1) is 0 Å². The van der Waals surface area contributed by atoms with Gasteiger partial charge in [-0.3, -0.25) is 9.59 Å². The largest absolute Gasteiger partial charge is 0.481 e. The zero-order chi connectivity index (χ0) is 15.2. The molecule has 1 unspecified atom stereocenters. The summed E-state index contributed by atoms with van der Waals surface area (Å²) in [6, 6.07) is 0. The van der Waals surface area contributed by atoms with Crippen LogP contribution in [-0.2, 0) is 9.59 Å². The summed E-state index contributed by atoms with van der Waals surface area (Å²) in [5, 5.41) is 17.4. The molecule has 1 atom stereocenters. The fourth-order valence-electron chi connectivity index (χ4n) is 2.08. The number of hydrogen-bond acceptors (Lipinski definition) is 2. The van der Waals surface area contributed by atoms with Crippen molar-refractivity contribution >= 4 is 11.9 Å². The SMILES string of the molecule is CCCCCCCCCCC=CC(CC(=O)O)C(=O)O.[Ce]. The van der Waals surface area contributed by atoms with E-state index in [1.54, 1.807) is 6.08 Å². The van der Waals surface area contributed by atoms with Gasteiger partial charge >= 0.3 is 11.9 Å². The van der Waals surface area contributed by atoms with E-state index in [-0.39, 0.29) is 48.2 Å². The van der Waals surface area contributed by atoms with Gasteiger partial charge in [-0.2, -0.15) is 0 Å². The van der Waals surface area contributed by atoms with E-state index < -0.39 is 17.9 Å². The molecule has 0 aliphatic heterocycles. The molecule has 0 rings (SSSR count). The van der Waals surface area contributed by atoms with E-state index >= 15 is 0 Å². The smallest absolute Gasteiger partial charge is 0.310 e. The van der Waals surface area contributed by atoms with Crippen LogP contribution in [-0.4, -0.2) is 22.2 Å². The van der Waals surface area contributed by atoms with Crippen LogP contribution >= 0.6 is 0 Å². The topological polar surface area (TPSA) is 74.6 Å². The zero-order valence-corrected chi connectivity index (χ0v) is 16.2. The number of carboxylic acid groups (broad SMARTS) is 2. The van der Waals surface area contributed by atoms with E-state index in [2.05, 4.69) is 6.92 Å². The number of hydrogen-bond donors (Lipinski definition) is 2. The molecule has 0 radical (unpaired) electrons. The first-order valence-electron chi connectivity index (χ1n) is 7.69. The average Bonchev–Trinajstić information content (AvgIpc) is 2.39. The van der Waals surface area contributed by atoms with Gasteiger partial charge in [0, 0.05) is 41.7 Å². The van der Waals surface area contributed by atoms with Crippen LogP contribution < -0.4 is 0 Å². The maximum Gasteiger partial charge on any atom is 0.310 e. The minimum absolute atomic E-state index is 0. The van der Waals surface area contributed by atoms with Gasteiger partial charge in [0.15, 0.2) is 0 Å². The fraction of sp³-hybridized carbons (Fsp3) is 0.750. The van der Waals surface area contributed by atoms with Crippen LogP contribution in [0.2, 0.25) is 0 Å². The van der Waals surface area contributed by atoms with Crippen LogP contribution in [0.5, 0.6) is 0 Å². The predicted molar refractivity (Wildman–Crippen MR) is 79.7 cm³/mol. The van der Waals surface area contributed by atoms with E-state index in [9.17, 15) is 9.59 Å². The van der Waals surface area contributed by atoms with Crippen molar-refractivity contribution in [3.63, 3.8) is 0 Å². The van der Waals surface area contributed by atoms with Crippen molar-refractivity contribution in [2.75, 3.05) is 0 Å². The van der Waals surface area contributed by atoms with Crippen LogP contribution in [0.25, 0.3) is 0 Å². The number of allylic oxidation sites excluding steroid dienone is 1. The van der Waals surface area contributed by atoms with Crippen molar-refractivity contribution in [1.82, 2.24) is 0 Å². The third-order valence-corrected chi connectivity index (χ3v) is 3.30. The van der Waals surface area contributed by atoms with E-state index in [0.29, 0.717) is 0 Å². The minimum Gasteiger partial charge on any atom is -0.481 e. The Labute approximate surface area is 161 Å². The number of rotatable bonds is 13. The minimum atomic E-state index is -1.07. The fourth-order valence-corrected chi connectivity index (χ4v) is 2.08. The first-order chi connectivity index (χ1) is 9.57. The molecule has 0 saturated carbocycles. The second kappa shape index (κ2) is 16.4. The molecular weight excluding hydrogens is 396 g/mol. The van der Waals surface area contributed by atoms with Crippen molar-refractivity contribution in [1.29, 1.82) is 0 Å². The Balaban J connectivity index is 0. The molecule has 0 heterocycles. The third kappa shape index (κ3) is 16.3. The molecule has 0 bridgehead atoms. The Hall–Kier alpha value is 0.0566. The Bertz CT molecular complexity index is 303. The molecule has 0 aromatic rings. The van der Waals surface area contributed by atoms with Crippen LogP contribution in [0.3, 0.4) is 0 Å². The summed E-state index contributed by atoms with van der Waals surface area (Å²) in [6.07, 6.45) is 13.7. The van der Waals surface area contributed by atoms with E-state index in [0.717, 1.165) is 19.3 Å². The van der Waals surface area contributed by atoms with Crippen molar-refractivity contribution in [3.8, 4) is 0 Å². The monoisotopic (exact) mass is 424 g/mol. The summed E-state index contributed by atoms with van der Waals surface area (Å²) in [7, 11) is 0. The Morgan fingerprint density at radius 3 is 1.95 bits per heavy atom. The predicted octanol–water partition coefficient (Wildman–Crippen LogP) is 4.25. The normalized spacial score (nSPS) is 12.0. The van der Waals surface area contributed by atoms with Crippen LogP contribution in [0.15, 0.2) is 12.2 Å². The summed E-state index contributed by atoms with van der Waals surface area (Å²) in [5.74, 6) is -3.05. The molecule has 0 aliphatic carbocycles.